The van der Waals surface area contributed by atoms with Crippen LogP contribution in [0.3, 0.4) is 0 Å². The maximum Gasteiger partial charge on any atom is 0.244 e. The van der Waals surface area contributed by atoms with Gasteiger partial charge in [-0.1, -0.05) is 0 Å². The van der Waals surface area contributed by atoms with E-state index < -0.39 is 10.0 Å². The van der Waals surface area contributed by atoms with Crippen molar-refractivity contribution in [3.63, 3.8) is 0 Å². The van der Waals surface area contributed by atoms with Crippen LogP contribution in [-0.4, -0.2) is 44.5 Å². The fourth-order valence-electron chi connectivity index (χ4n) is 2.17. The van der Waals surface area contributed by atoms with Gasteiger partial charge in [-0.25, -0.2) is 13.4 Å². The van der Waals surface area contributed by atoms with Crippen molar-refractivity contribution in [3.05, 3.63) is 18.3 Å². The second-order valence-corrected chi connectivity index (χ2v) is 6.56. The van der Waals surface area contributed by atoms with E-state index in [1.807, 2.05) is 0 Å². The second-order valence-electron chi connectivity index (χ2n) is 4.62. The molecule has 1 aromatic heterocycles. The number of nitrogens with two attached hydrogens (primary N) is 1. The van der Waals surface area contributed by atoms with Gasteiger partial charge in [0.2, 0.25) is 15.9 Å². The maximum atomic E-state index is 12.4. The number of rotatable bonds is 4. The van der Waals surface area contributed by atoms with E-state index in [9.17, 15) is 8.42 Å². The van der Waals surface area contributed by atoms with Gasteiger partial charge >= 0.3 is 0 Å². The number of methoxy groups -OCH3 is 1. The van der Waals surface area contributed by atoms with Crippen molar-refractivity contribution in [3.8, 4) is 5.88 Å². The lowest BCUT2D eigenvalue weighted by Gasteiger charge is -2.30. The number of nitrogens with zero attached hydrogens (tertiary/aromatic N) is 2. The minimum Gasteiger partial charge on any atom is -0.481 e. The van der Waals surface area contributed by atoms with E-state index in [2.05, 4.69) is 4.98 Å². The average molecular weight is 322 g/mol. The van der Waals surface area contributed by atoms with E-state index in [-0.39, 0.29) is 17.3 Å². The molecular weight excluding hydrogens is 302 g/mol. The lowest BCUT2D eigenvalue weighted by atomic mass is 9.99. The number of aromatic nitrogens is 1. The van der Waals surface area contributed by atoms with Gasteiger partial charge in [0.05, 0.1) is 13.3 Å². The Bertz CT molecular complexity index is 513. The lowest BCUT2D eigenvalue weighted by molar-refractivity contribution is 0.278. The third-order valence-corrected chi connectivity index (χ3v) is 5.35. The Hall–Kier alpha value is -0.890. The van der Waals surface area contributed by atoms with E-state index in [4.69, 9.17) is 10.5 Å². The third-order valence-electron chi connectivity index (χ3n) is 3.46. The molecule has 0 saturated carbocycles. The van der Waals surface area contributed by atoms with Crippen molar-refractivity contribution in [2.45, 2.75) is 17.7 Å². The van der Waals surface area contributed by atoms with Crippen LogP contribution in [0, 0.1) is 5.92 Å². The van der Waals surface area contributed by atoms with E-state index in [0.717, 1.165) is 12.8 Å². The van der Waals surface area contributed by atoms with E-state index >= 15 is 0 Å². The van der Waals surface area contributed by atoms with Crippen molar-refractivity contribution in [1.29, 1.82) is 0 Å². The Kier molecular flexibility index (Phi) is 6.19. The minimum absolute atomic E-state index is 0. The van der Waals surface area contributed by atoms with Gasteiger partial charge in [-0.3, -0.25) is 0 Å². The second kappa shape index (κ2) is 7.21. The molecule has 0 aromatic carbocycles. The SMILES string of the molecule is COc1ccc(S(=O)(=O)N2CCC(CN)CC2)cn1.Cl. The van der Waals surface area contributed by atoms with Crippen LogP contribution >= 0.6 is 12.4 Å². The minimum atomic E-state index is -3.44. The summed E-state index contributed by atoms with van der Waals surface area (Å²) < 4.78 is 31.2. The van der Waals surface area contributed by atoms with Crippen LogP contribution in [0.15, 0.2) is 23.2 Å². The van der Waals surface area contributed by atoms with Gasteiger partial charge in [0, 0.05) is 19.2 Å². The summed E-state index contributed by atoms with van der Waals surface area (Å²) >= 11 is 0. The van der Waals surface area contributed by atoms with Crippen LogP contribution < -0.4 is 10.5 Å². The summed E-state index contributed by atoms with van der Waals surface area (Å²) in [6, 6.07) is 3.08. The fraction of sp³-hybridized carbons (Fsp3) is 0.583. The van der Waals surface area contributed by atoms with Gasteiger partial charge in [-0.15, -0.1) is 12.4 Å². The first-order valence-corrected chi connectivity index (χ1v) is 7.72. The topological polar surface area (TPSA) is 85.5 Å². The molecule has 1 fully saturated rings. The first-order valence-electron chi connectivity index (χ1n) is 6.28. The average Bonchev–Trinajstić information content (AvgIpc) is 2.47. The molecule has 114 valence electrons. The summed E-state index contributed by atoms with van der Waals surface area (Å²) in [4.78, 5) is 4.15. The summed E-state index contributed by atoms with van der Waals surface area (Å²) in [6.07, 6.45) is 2.97. The molecule has 6 nitrogen and oxygen atoms in total. The molecular formula is C12H20ClN3O3S. The molecule has 0 unspecified atom stereocenters. The van der Waals surface area contributed by atoms with Gasteiger partial charge in [0.15, 0.2) is 0 Å². The number of sulfonamides is 1. The Morgan fingerprint density at radius 3 is 2.50 bits per heavy atom. The van der Waals surface area contributed by atoms with Crippen molar-refractivity contribution >= 4 is 22.4 Å². The Morgan fingerprint density at radius 1 is 1.40 bits per heavy atom. The van der Waals surface area contributed by atoms with Crippen LogP contribution in [0.5, 0.6) is 5.88 Å². The Morgan fingerprint density at radius 2 is 2.05 bits per heavy atom. The van der Waals surface area contributed by atoms with Crippen LogP contribution in [-0.2, 0) is 10.0 Å². The molecule has 1 aromatic rings. The molecule has 2 rings (SSSR count). The number of hydrogen-bond donors (Lipinski definition) is 1. The largest absolute Gasteiger partial charge is 0.481 e. The van der Waals surface area contributed by atoms with E-state index in [0.29, 0.717) is 31.4 Å². The Balaban J connectivity index is 0.00000200. The molecule has 20 heavy (non-hydrogen) atoms. The maximum absolute atomic E-state index is 12.4. The highest BCUT2D eigenvalue weighted by atomic mass is 35.5. The number of ether oxygens (including phenoxy) is 1. The van der Waals surface area contributed by atoms with Gasteiger partial charge < -0.3 is 10.5 Å². The van der Waals surface area contributed by atoms with Crippen molar-refractivity contribution in [2.24, 2.45) is 11.7 Å². The van der Waals surface area contributed by atoms with Gasteiger partial charge in [-0.2, -0.15) is 4.31 Å². The molecule has 2 heterocycles. The quantitative estimate of drug-likeness (QED) is 0.889. The fourth-order valence-corrected chi connectivity index (χ4v) is 3.59. The van der Waals surface area contributed by atoms with Crippen LogP contribution in [0.25, 0.3) is 0 Å². The molecule has 0 spiro atoms. The lowest BCUT2D eigenvalue weighted by Crippen LogP contribution is -2.40. The van der Waals surface area contributed by atoms with Crippen LogP contribution in [0.4, 0.5) is 0 Å². The molecule has 0 atom stereocenters. The zero-order valence-corrected chi connectivity index (χ0v) is 13.0. The van der Waals surface area contributed by atoms with Crippen molar-refractivity contribution in [2.75, 3.05) is 26.7 Å². The summed E-state index contributed by atoms with van der Waals surface area (Å²) in [5, 5.41) is 0. The molecule has 1 aliphatic heterocycles. The predicted molar refractivity (Wildman–Crippen MR) is 78.6 cm³/mol. The molecule has 8 heteroatoms. The normalized spacial score (nSPS) is 17.5. The first-order chi connectivity index (χ1) is 9.07. The van der Waals surface area contributed by atoms with Crippen LogP contribution in [0.1, 0.15) is 12.8 Å². The zero-order valence-electron chi connectivity index (χ0n) is 11.4. The molecule has 2 N–H and O–H groups in total. The number of hydrogen-bond acceptors (Lipinski definition) is 5. The van der Waals surface area contributed by atoms with Gasteiger partial charge in [0.1, 0.15) is 4.90 Å². The van der Waals surface area contributed by atoms with Gasteiger partial charge in [0.25, 0.3) is 0 Å². The smallest absolute Gasteiger partial charge is 0.244 e. The van der Waals surface area contributed by atoms with E-state index in [1.54, 1.807) is 6.07 Å². The summed E-state index contributed by atoms with van der Waals surface area (Å²) in [6.45, 7) is 1.67. The standard InChI is InChI=1S/C12H19N3O3S.ClH/c1-18-12-3-2-11(9-14-12)19(16,17)15-6-4-10(8-13)5-7-15;/h2-3,9-10H,4-8,13H2,1H3;1H. The summed E-state index contributed by atoms with van der Waals surface area (Å²) in [5.41, 5.74) is 5.61. The number of piperidine rings is 1. The monoisotopic (exact) mass is 321 g/mol. The molecule has 0 aliphatic carbocycles. The molecule has 0 bridgehead atoms. The highest BCUT2D eigenvalue weighted by molar-refractivity contribution is 7.89. The number of halogens is 1. The third kappa shape index (κ3) is 3.60. The van der Waals surface area contributed by atoms with E-state index in [1.165, 1.54) is 23.7 Å². The summed E-state index contributed by atoms with van der Waals surface area (Å²) in [7, 11) is -1.95. The van der Waals surface area contributed by atoms with Crippen molar-refractivity contribution < 1.29 is 13.2 Å². The molecule has 1 aliphatic rings. The molecule has 0 amide bonds. The van der Waals surface area contributed by atoms with Crippen molar-refractivity contribution in [1.82, 2.24) is 9.29 Å². The zero-order chi connectivity index (χ0) is 13.9. The van der Waals surface area contributed by atoms with Crippen LogP contribution in [0.2, 0.25) is 0 Å². The molecule has 0 radical (unpaired) electrons. The molecule has 1 saturated heterocycles. The first kappa shape index (κ1) is 17.2. The number of pyridine rings is 1. The summed E-state index contributed by atoms with van der Waals surface area (Å²) in [5.74, 6) is 0.834. The van der Waals surface area contributed by atoms with Gasteiger partial charge in [-0.05, 0) is 31.4 Å². The highest BCUT2D eigenvalue weighted by Crippen LogP contribution is 2.23. The predicted octanol–water partition coefficient (Wildman–Crippen LogP) is 0.871. The Labute approximate surface area is 125 Å². The highest BCUT2D eigenvalue weighted by Gasteiger charge is 2.29.